The molecule has 0 N–H and O–H groups in total. The number of benzene rings is 11. The fraction of sp³-hybridized carbons (Fsp3) is 0.0462. The smallest absolute Gasteiger partial charge is 0.148 e. The van der Waals surface area contributed by atoms with Gasteiger partial charge in [-0.3, -0.25) is 0 Å². The molecule has 0 amide bonds. The highest BCUT2D eigenvalue weighted by molar-refractivity contribution is 6.88. The molecule has 0 fully saturated rings. The van der Waals surface area contributed by atoms with E-state index in [0.29, 0.717) is 5.69 Å². The Labute approximate surface area is 409 Å². The van der Waals surface area contributed by atoms with Crippen molar-refractivity contribution in [2.24, 2.45) is 0 Å². The molecule has 0 saturated heterocycles. The fourth-order valence-corrected chi connectivity index (χ4v) is 11.4. The van der Waals surface area contributed by atoms with Crippen LogP contribution in [0.1, 0.15) is 0 Å². The van der Waals surface area contributed by atoms with Crippen LogP contribution in [0.15, 0.2) is 247 Å². The van der Waals surface area contributed by atoms with Gasteiger partial charge in [0, 0.05) is 56.1 Å². The third-order valence-electron chi connectivity index (χ3n) is 13.6. The van der Waals surface area contributed by atoms with E-state index < -0.39 is 8.07 Å². The van der Waals surface area contributed by atoms with E-state index in [1.165, 1.54) is 5.19 Å². The lowest BCUT2D eigenvalue weighted by molar-refractivity contribution is 0.630. The number of furan rings is 1. The van der Waals surface area contributed by atoms with E-state index in [-0.39, 0.29) is 5.82 Å². The molecule has 11 aromatic carbocycles. The van der Waals surface area contributed by atoms with Gasteiger partial charge in [-0.2, -0.15) is 0 Å². The summed E-state index contributed by atoms with van der Waals surface area (Å²) in [6, 6.07) is 84.0. The van der Waals surface area contributed by atoms with Crippen LogP contribution in [0, 0.1) is 5.82 Å². The molecule has 0 aliphatic rings. The van der Waals surface area contributed by atoms with Gasteiger partial charge in [-0.15, -0.1) is 0 Å². The SMILES string of the molecule is C[Si](C)(C)c1ccc(N(c2ccccc2)c2ccc3c(c2)oc2c4ccc(N(c5ccccc5-c5ccccc5)c5c(F)cc(-c6ccccc6)cc5-c5ccccc5)cc4c4ccccc4c32)cc1. The predicted molar refractivity (Wildman–Crippen MR) is 297 cm³/mol. The van der Waals surface area contributed by atoms with E-state index in [1.807, 2.05) is 60.7 Å². The summed E-state index contributed by atoms with van der Waals surface area (Å²) in [4.78, 5) is 4.42. The van der Waals surface area contributed by atoms with Crippen LogP contribution in [-0.2, 0) is 0 Å². The van der Waals surface area contributed by atoms with Crippen molar-refractivity contribution in [3.8, 4) is 33.4 Å². The first-order valence-electron chi connectivity index (χ1n) is 23.9. The topological polar surface area (TPSA) is 19.6 Å². The zero-order valence-electron chi connectivity index (χ0n) is 39.3. The molecule has 1 heterocycles. The van der Waals surface area contributed by atoms with Crippen molar-refractivity contribution < 1.29 is 8.81 Å². The Balaban J connectivity index is 1.09. The monoisotopic (exact) mass is 920 g/mol. The number of hydrogen-bond acceptors (Lipinski definition) is 3. The van der Waals surface area contributed by atoms with Crippen LogP contribution in [0.4, 0.5) is 38.5 Å². The van der Waals surface area contributed by atoms with Crippen molar-refractivity contribution >= 4 is 90.9 Å². The van der Waals surface area contributed by atoms with Gasteiger partial charge in [-0.1, -0.05) is 189 Å². The van der Waals surface area contributed by atoms with Crippen molar-refractivity contribution in [2.75, 3.05) is 9.80 Å². The molecular weight excluding hydrogens is 872 g/mol. The second-order valence-corrected chi connectivity index (χ2v) is 24.1. The van der Waals surface area contributed by atoms with Crippen molar-refractivity contribution in [2.45, 2.75) is 19.6 Å². The van der Waals surface area contributed by atoms with E-state index in [1.54, 1.807) is 6.07 Å². The highest BCUT2D eigenvalue weighted by Gasteiger charge is 2.27. The van der Waals surface area contributed by atoms with Crippen LogP contribution < -0.4 is 15.0 Å². The van der Waals surface area contributed by atoms with Crippen molar-refractivity contribution in [1.82, 2.24) is 0 Å². The quantitative estimate of drug-likeness (QED) is 0.101. The summed E-state index contributed by atoms with van der Waals surface area (Å²) in [5, 5.41) is 7.72. The average molecular weight is 921 g/mol. The third-order valence-corrected chi connectivity index (χ3v) is 15.7. The van der Waals surface area contributed by atoms with Gasteiger partial charge in [0.15, 0.2) is 0 Å². The maximum absolute atomic E-state index is 17.8. The molecule has 0 unspecified atom stereocenters. The summed E-state index contributed by atoms with van der Waals surface area (Å²) in [6.07, 6.45) is 0. The van der Waals surface area contributed by atoms with Crippen LogP contribution >= 0.6 is 0 Å². The molecule has 336 valence electrons. The summed E-state index contributed by atoms with van der Waals surface area (Å²) in [6.45, 7) is 7.15. The van der Waals surface area contributed by atoms with Gasteiger partial charge in [-0.25, -0.2) is 4.39 Å². The van der Waals surface area contributed by atoms with Gasteiger partial charge in [0.05, 0.1) is 19.4 Å². The highest BCUT2D eigenvalue weighted by atomic mass is 28.3. The first-order valence-corrected chi connectivity index (χ1v) is 27.4. The van der Waals surface area contributed by atoms with Crippen LogP contribution in [0.25, 0.3) is 76.9 Å². The lowest BCUT2D eigenvalue weighted by Gasteiger charge is -2.31. The van der Waals surface area contributed by atoms with Crippen LogP contribution in [0.3, 0.4) is 0 Å². The number of hydrogen-bond donors (Lipinski definition) is 0. The lowest BCUT2D eigenvalue weighted by Crippen LogP contribution is -2.37. The Morgan fingerprint density at radius 2 is 0.900 bits per heavy atom. The molecule has 0 radical (unpaired) electrons. The Kier molecular flexibility index (Phi) is 10.7. The van der Waals surface area contributed by atoms with Gasteiger partial charge in [-0.05, 0) is 111 Å². The zero-order valence-corrected chi connectivity index (χ0v) is 40.3. The molecule has 0 aliphatic heterocycles. The number of halogens is 1. The Hall–Kier alpha value is -8.51. The second kappa shape index (κ2) is 17.5. The van der Waals surface area contributed by atoms with Gasteiger partial charge < -0.3 is 14.2 Å². The van der Waals surface area contributed by atoms with Crippen molar-refractivity contribution in [1.29, 1.82) is 0 Å². The van der Waals surface area contributed by atoms with Gasteiger partial charge >= 0.3 is 0 Å². The zero-order chi connectivity index (χ0) is 47.3. The van der Waals surface area contributed by atoms with Crippen LogP contribution in [0.2, 0.25) is 19.6 Å². The molecule has 0 atom stereocenters. The summed E-state index contributed by atoms with van der Waals surface area (Å²) < 4.78 is 24.9. The summed E-state index contributed by atoms with van der Waals surface area (Å²) in [7, 11) is -1.50. The number of para-hydroxylation sites is 2. The van der Waals surface area contributed by atoms with Crippen LogP contribution in [0.5, 0.6) is 0 Å². The van der Waals surface area contributed by atoms with Gasteiger partial charge in [0.25, 0.3) is 0 Å². The number of nitrogens with zero attached hydrogens (tertiary/aromatic N) is 2. The van der Waals surface area contributed by atoms with E-state index >= 15 is 4.39 Å². The molecule has 0 saturated carbocycles. The van der Waals surface area contributed by atoms with Gasteiger partial charge in [0.2, 0.25) is 0 Å². The molecule has 0 spiro atoms. The van der Waals surface area contributed by atoms with E-state index in [9.17, 15) is 0 Å². The normalized spacial score (nSPS) is 11.7. The largest absolute Gasteiger partial charge is 0.455 e. The van der Waals surface area contributed by atoms with E-state index in [2.05, 4.69) is 205 Å². The molecular formula is C65H49FN2OSi. The maximum atomic E-state index is 17.8. The molecule has 5 heteroatoms. The third kappa shape index (κ3) is 7.61. The van der Waals surface area contributed by atoms with Crippen molar-refractivity contribution in [3.63, 3.8) is 0 Å². The molecule has 1 aromatic heterocycles. The predicted octanol–water partition coefficient (Wildman–Crippen LogP) is 18.5. The first-order chi connectivity index (χ1) is 34.3. The molecule has 12 rings (SSSR count). The number of anilines is 6. The summed E-state index contributed by atoms with van der Waals surface area (Å²) >= 11 is 0. The molecule has 0 aliphatic carbocycles. The Morgan fingerprint density at radius 3 is 1.57 bits per heavy atom. The lowest BCUT2D eigenvalue weighted by atomic mass is 9.93. The fourth-order valence-electron chi connectivity index (χ4n) is 10.2. The molecule has 12 aromatic rings. The molecule has 70 heavy (non-hydrogen) atoms. The standard InChI is InChI=1S/C65H49FN2OSi/c1-70(2,3)52-36-32-49(33-37-52)67(48-26-14-7-15-27-48)51-35-39-57-62(43-51)69-65-56-38-34-50(42-59(56)54-29-16-17-30-55(54)63(57)65)68(61-31-19-18-28-53(61)45-22-10-5-11-23-45)64-58(46-24-12-6-13-25-46)40-47(41-60(64)66)44-20-8-4-9-21-44/h4-43H,1-3H3. The maximum Gasteiger partial charge on any atom is 0.148 e. The van der Waals surface area contributed by atoms with Gasteiger partial charge in [0.1, 0.15) is 17.0 Å². The minimum atomic E-state index is -1.50. The highest BCUT2D eigenvalue weighted by Crippen LogP contribution is 2.50. The summed E-state index contributed by atoms with van der Waals surface area (Å²) in [5.41, 5.74) is 12.4. The van der Waals surface area contributed by atoms with Crippen molar-refractivity contribution in [3.05, 3.63) is 248 Å². The molecule has 0 bridgehead atoms. The van der Waals surface area contributed by atoms with E-state index in [4.69, 9.17) is 4.42 Å². The summed E-state index contributed by atoms with van der Waals surface area (Å²) in [5.74, 6) is -0.326. The Bertz CT molecular complexity index is 3870. The first kappa shape index (κ1) is 42.8. The van der Waals surface area contributed by atoms with E-state index in [0.717, 1.165) is 105 Å². The second-order valence-electron chi connectivity index (χ2n) is 19.0. The number of rotatable bonds is 10. The van der Waals surface area contributed by atoms with Crippen LogP contribution in [-0.4, -0.2) is 8.07 Å². The Morgan fingerprint density at radius 1 is 0.371 bits per heavy atom. The minimum absolute atomic E-state index is 0.326. The number of fused-ring (bicyclic) bond motifs is 8. The molecule has 3 nitrogen and oxygen atoms in total. The minimum Gasteiger partial charge on any atom is -0.455 e. The average Bonchev–Trinajstić information content (AvgIpc) is 3.80.